The molecule has 1 aliphatic rings. The lowest BCUT2D eigenvalue weighted by atomic mass is 10.2. The van der Waals surface area contributed by atoms with Crippen LogP contribution in [0.25, 0.3) is 0 Å². The van der Waals surface area contributed by atoms with Gasteiger partial charge in [0.2, 0.25) is 0 Å². The molecule has 0 spiro atoms. The highest BCUT2D eigenvalue weighted by Gasteiger charge is 2.46. The van der Waals surface area contributed by atoms with Crippen LogP contribution in [0, 0.1) is 0 Å². The quantitative estimate of drug-likeness (QED) is 0.460. The van der Waals surface area contributed by atoms with Crippen molar-refractivity contribution in [3.05, 3.63) is 0 Å². The highest BCUT2D eigenvalue weighted by Crippen LogP contribution is 2.50. The standard InChI is InChI=1S/C17H32NO7P/c1-7-22-15(19)14-11-10-13(12-26(21,23-8-2)24-9-3)18(14)16(20)25-17(4,5)6/h13-14H,7-12H2,1-6H3/t13-,14-/m0/s1. The Hall–Kier alpha value is -1.11. The number of rotatable bonds is 8. The highest BCUT2D eigenvalue weighted by molar-refractivity contribution is 7.53. The fraction of sp³-hybridized carbons (Fsp3) is 0.882. The Kier molecular flexibility index (Phi) is 8.57. The second-order valence-corrected chi connectivity index (χ2v) is 9.12. The predicted molar refractivity (Wildman–Crippen MR) is 97.2 cm³/mol. The summed E-state index contributed by atoms with van der Waals surface area (Å²) in [5.74, 6) is -0.483. The van der Waals surface area contributed by atoms with Gasteiger partial charge in [-0.05, 0) is 54.4 Å². The largest absolute Gasteiger partial charge is 0.464 e. The summed E-state index contributed by atoms with van der Waals surface area (Å²) in [7, 11) is -3.37. The van der Waals surface area contributed by atoms with E-state index >= 15 is 0 Å². The van der Waals surface area contributed by atoms with Crippen molar-refractivity contribution in [1.82, 2.24) is 4.90 Å². The second kappa shape index (κ2) is 9.72. The molecule has 1 aliphatic heterocycles. The highest BCUT2D eigenvalue weighted by atomic mass is 31.2. The number of hydrogen-bond donors (Lipinski definition) is 0. The molecule has 26 heavy (non-hydrogen) atoms. The maximum Gasteiger partial charge on any atom is 0.411 e. The minimum absolute atomic E-state index is 0.0177. The molecule has 0 aromatic rings. The Morgan fingerprint density at radius 2 is 1.62 bits per heavy atom. The predicted octanol–water partition coefficient (Wildman–Crippen LogP) is 3.58. The van der Waals surface area contributed by atoms with Gasteiger partial charge in [-0.1, -0.05) is 0 Å². The molecule has 1 fully saturated rings. The van der Waals surface area contributed by atoms with Gasteiger partial charge in [-0.3, -0.25) is 9.46 Å². The van der Waals surface area contributed by atoms with Crippen molar-refractivity contribution >= 4 is 19.7 Å². The van der Waals surface area contributed by atoms with Crippen LogP contribution in [0.1, 0.15) is 54.4 Å². The van der Waals surface area contributed by atoms with Crippen LogP contribution in [0.4, 0.5) is 4.79 Å². The van der Waals surface area contributed by atoms with Crippen molar-refractivity contribution < 1.29 is 32.7 Å². The zero-order valence-corrected chi connectivity index (χ0v) is 17.5. The monoisotopic (exact) mass is 393 g/mol. The number of likely N-dealkylation sites (tertiary alicyclic amines) is 1. The number of carbonyl (C=O) groups is 2. The van der Waals surface area contributed by atoms with Crippen LogP contribution in [0.2, 0.25) is 0 Å². The smallest absolute Gasteiger partial charge is 0.411 e. The molecule has 0 saturated carbocycles. The molecule has 9 heteroatoms. The van der Waals surface area contributed by atoms with E-state index in [0.29, 0.717) is 12.8 Å². The lowest BCUT2D eigenvalue weighted by molar-refractivity contribution is -0.148. The fourth-order valence-corrected chi connectivity index (χ4v) is 4.86. The number of nitrogens with zero attached hydrogens (tertiary/aromatic N) is 1. The van der Waals surface area contributed by atoms with E-state index in [-0.39, 0.29) is 26.0 Å². The molecule has 2 atom stereocenters. The Bertz CT molecular complexity index is 522. The third-order valence-electron chi connectivity index (χ3n) is 3.75. The average Bonchev–Trinajstić information content (AvgIpc) is 2.89. The summed E-state index contributed by atoms with van der Waals surface area (Å²) in [4.78, 5) is 26.3. The SMILES string of the molecule is CCOC(=O)[C@@H]1CC[C@@H](CP(=O)(OCC)OCC)N1C(=O)OC(C)(C)C. The van der Waals surface area contributed by atoms with E-state index in [1.54, 1.807) is 41.5 Å². The number of carbonyl (C=O) groups excluding carboxylic acids is 2. The summed E-state index contributed by atoms with van der Waals surface area (Å²) in [5.41, 5.74) is -0.715. The number of hydrogen-bond acceptors (Lipinski definition) is 7. The maximum absolute atomic E-state index is 12.9. The first kappa shape index (κ1) is 22.9. The van der Waals surface area contributed by atoms with Gasteiger partial charge in [0.15, 0.2) is 0 Å². The number of amides is 1. The molecule has 1 amide bonds. The molecule has 8 nitrogen and oxygen atoms in total. The van der Waals surface area contributed by atoms with Crippen LogP contribution in [0.15, 0.2) is 0 Å². The summed E-state index contributed by atoms with van der Waals surface area (Å²) in [5, 5.41) is 0. The average molecular weight is 393 g/mol. The maximum atomic E-state index is 12.9. The minimum Gasteiger partial charge on any atom is -0.464 e. The van der Waals surface area contributed by atoms with E-state index in [9.17, 15) is 14.2 Å². The Balaban J connectivity index is 3.06. The summed E-state index contributed by atoms with van der Waals surface area (Å²) in [6.07, 6.45) is 0.301. The van der Waals surface area contributed by atoms with E-state index in [1.165, 1.54) is 4.90 Å². The van der Waals surface area contributed by atoms with Gasteiger partial charge in [-0.25, -0.2) is 9.59 Å². The van der Waals surface area contributed by atoms with Crippen LogP contribution in [0.3, 0.4) is 0 Å². The normalized spacial score (nSPS) is 20.9. The molecule has 0 radical (unpaired) electrons. The van der Waals surface area contributed by atoms with Gasteiger partial charge < -0.3 is 18.5 Å². The van der Waals surface area contributed by atoms with E-state index in [4.69, 9.17) is 18.5 Å². The topological polar surface area (TPSA) is 91.4 Å². The molecular weight excluding hydrogens is 361 g/mol. The van der Waals surface area contributed by atoms with Gasteiger partial charge in [-0.2, -0.15) is 0 Å². The molecule has 152 valence electrons. The first-order chi connectivity index (χ1) is 12.1. The first-order valence-corrected chi connectivity index (χ1v) is 10.9. The second-order valence-electron chi connectivity index (χ2n) is 7.02. The van der Waals surface area contributed by atoms with E-state index in [2.05, 4.69) is 0 Å². The van der Waals surface area contributed by atoms with Gasteiger partial charge in [0.25, 0.3) is 0 Å². The third-order valence-corrected chi connectivity index (χ3v) is 5.92. The van der Waals surface area contributed by atoms with Gasteiger partial charge in [0, 0.05) is 6.04 Å². The summed E-state index contributed by atoms with van der Waals surface area (Å²) in [6.45, 7) is 11.1. The van der Waals surface area contributed by atoms with Crippen LogP contribution >= 0.6 is 7.60 Å². The van der Waals surface area contributed by atoms with Crippen molar-refractivity contribution in [2.45, 2.75) is 72.1 Å². The summed E-state index contributed by atoms with van der Waals surface area (Å²) in [6, 6.07) is -1.24. The third kappa shape index (κ3) is 6.56. The molecule has 0 aromatic carbocycles. The van der Waals surface area contributed by atoms with Crippen molar-refractivity contribution in [1.29, 1.82) is 0 Å². The summed E-state index contributed by atoms with van der Waals surface area (Å²) < 4.78 is 34.1. The number of ether oxygens (including phenoxy) is 2. The van der Waals surface area contributed by atoms with Gasteiger partial charge in [0.05, 0.1) is 26.0 Å². The first-order valence-electron chi connectivity index (χ1n) is 9.13. The van der Waals surface area contributed by atoms with E-state index in [1.807, 2.05) is 0 Å². The fourth-order valence-electron chi connectivity index (χ4n) is 2.92. The van der Waals surface area contributed by atoms with Crippen LogP contribution in [-0.2, 0) is 27.9 Å². The van der Waals surface area contributed by atoms with Gasteiger partial charge >= 0.3 is 19.7 Å². The van der Waals surface area contributed by atoms with Gasteiger partial charge in [-0.15, -0.1) is 0 Å². The number of esters is 1. The van der Waals surface area contributed by atoms with Gasteiger partial charge in [0.1, 0.15) is 11.6 Å². The van der Waals surface area contributed by atoms with Crippen molar-refractivity contribution in [2.24, 2.45) is 0 Å². The zero-order chi connectivity index (χ0) is 20.0. The van der Waals surface area contributed by atoms with Crippen molar-refractivity contribution in [2.75, 3.05) is 26.0 Å². The molecule has 0 aliphatic carbocycles. The van der Waals surface area contributed by atoms with Crippen LogP contribution in [0.5, 0.6) is 0 Å². The molecular formula is C17H32NO7P. The van der Waals surface area contributed by atoms with E-state index < -0.39 is 37.3 Å². The molecule has 0 N–H and O–H groups in total. The molecule has 1 saturated heterocycles. The van der Waals surface area contributed by atoms with E-state index in [0.717, 1.165) is 0 Å². The molecule has 0 bridgehead atoms. The molecule has 0 unspecified atom stereocenters. The van der Waals surface area contributed by atoms with Crippen LogP contribution in [-0.4, -0.2) is 60.6 Å². The Labute approximate surface area is 156 Å². The van der Waals surface area contributed by atoms with Crippen molar-refractivity contribution in [3.8, 4) is 0 Å². The summed E-state index contributed by atoms with van der Waals surface area (Å²) >= 11 is 0. The Morgan fingerprint density at radius 1 is 1.04 bits per heavy atom. The molecule has 1 rings (SSSR count). The van der Waals surface area contributed by atoms with Crippen molar-refractivity contribution in [3.63, 3.8) is 0 Å². The lowest BCUT2D eigenvalue weighted by Gasteiger charge is -2.32. The van der Waals surface area contributed by atoms with Crippen LogP contribution < -0.4 is 0 Å². The lowest BCUT2D eigenvalue weighted by Crippen LogP contribution is -2.48. The zero-order valence-electron chi connectivity index (χ0n) is 16.6. The molecule has 0 aromatic heterocycles. The molecule has 1 heterocycles. The Morgan fingerprint density at radius 3 is 2.08 bits per heavy atom. The minimum atomic E-state index is -3.37.